The van der Waals surface area contributed by atoms with Gasteiger partial charge in [-0.25, -0.2) is 8.78 Å². The quantitative estimate of drug-likeness (QED) is 0.636. The van der Waals surface area contributed by atoms with Gasteiger partial charge in [-0.1, -0.05) is 12.1 Å². The fourth-order valence-corrected chi connectivity index (χ4v) is 4.57. The number of hydrogen-bond acceptors (Lipinski definition) is 5. The van der Waals surface area contributed by atoms with Gasteiger partial charge in [-0.05, 0) is 52.2 Å². The molecule has 7 nitrogen and oxygen atoms in total. The Balaban J connectivity index is 2.01. The van der Waals surface area contributed by atoms with E-state index in [0.29, 0.717) is 48.3 Å². The fraction of sp³-hybridized carbons (Fsp3) is 0.577. The van der Waals surface area contributed by atoms with Crippen LogP contribution in [0.1, 0.15) is 62.6 Å². The van der Waals surface area contributed by atoms with Crippen molar-refractivity contribution in [3.05, 3.63) is 46.3 Å². The zero-order valence-electron chi connectivity index (χ0n) is 21.4. The Hall–Kier alpha value is -2.81. The number of fused-ring (bicyclic) bond motifs is 1. The summed E-state index contributed by atoms with van der Waals surface area (Å²) >= 11 is 0. The van der Waals surface area contributed by atoms with Crippen molar-refractivity contribution in [3.63, 3.8) is 0 Å². The van der Waals surface area contributed by atoms with Gasteiger partial charge in [0.2, 0.25) is 11.8 Å². The Morgan fingerprint density at radius 1 is 1.03 bits per heavy atom. The highest BCUT2D eigenvalue weighted by Crippen LogP contribution is 2.28. The lowest BCUT2D eigenvalue weighted by Crippen LogP contribution is -2.41. The number of amides is 2. The first-order valence-electron chi connectivity index (χ1n) is 12.3. The molecule has 2 heterocycles. The van der Waals surface area contributed by atoms with Gasteiger partial charge in [0.25, 0.3) is 0 Å². The van der Waals surface area contributed by atoms with Crippen molar-refractivity contribution >= 4 is 17.5 Å². The Morgan fingerprint density at radius 3 is 2.29 bits per heavy atom. The third-order valence-corrected chi connectivity index (χ3v) is 6.67. The minimum Gasteiger partial charge on any atom is -0.361 e. The summed E-state index contributed by atoms with van der Waals surface area (Å²) in [4.78, 5) is 31.8. The SMILES string of the molecule is CCC(=O)N1CCCN(C(C)C)CCCN(C(=O)Cc2c(C)noc2C)Cc2cc(F)c(F)cc21. The molecule has 0 N–H and O–H groups in total. The van der Waals surface area contributed by atoms with Crippen molar-refractivity contribution in [1.29, 1.82) is 0 Å². The molecule has 0 aliphatic carbocycles. The Labute approximate surface area is 206 Å². The molecule has 9 heteroatoms. The second-order valence-electron chi connectivity index (χ2n) is 9.43. The Morgan fingerprint density at radius 2 is 1.69 bits per heavy atom. The number of carbonyl (C=O) groups is 2. The van der Waals surface area contributed by atoms with Gasteiger partial charge >= 0.3 is 0 Å². The first kappa shape index (κ1) is 26.8. The van der Waals surface area contributed by atoms with Crippen LogP contribution in [0, 0.1) is 25.5 Å². The zero-order valence-corrected chi connectivity index (χ0v) is 21.4. The fourth-order valence-electron chi connectivity index (χ4n) is 4.57. The van der Waals surface area contributed by atoms with E-state index in [9.17, 15) is 18.4 Å². The molecule has 0 saturated carbocycles. The second kappa shape index (κ2) is 11.7. The van der Waals surface area contributed by atoms with E-state index >= 15 is 0 Å². The van der Waals surface area contributed by atoms with Crippen LogP contribution in [0.25, 0.3) is 0 Å². The van der Waals surface area contributed by atoms with E-state index in [1.54, 1.807) is 25.7 Å². The maximum absolute atomic E-state index is 14.4. The number of benzene rings is 1. The van der Waals surface area contributed by atoms with Crippen molar-refractivity contribution in [1.82, 2.24) is 15.0 Å². The first-order chi connectivity index (χ1) is 16.6. The van der Waals surface area contributed by atoms with Crippen LogP contribution in [-0.2, 0) is 22.6 Å². The van der Waals surface area contributed by atoms with Gasteiger partial charge in [-0.3, -0.25) is 9.59 Å². The summed E-state index contributed by atoms with van der Waals surface area (Å²) in [6, 6.07) is 2.50. The third kappa shape index (κ3) is 6.45. The summed E-state index contributed by atoms with van der Waals surface area (Å²) in [5, 5.41) is 3.94. The molecule has 0 atom stereocenters. The van der Waals surface area contributed by atoms with E-state index in [0.717, 1.165) is 37.2 Å². The monoisotopic (exact) mass is 490 g/mol. The number of hydrogen-bond donors (Lipinski definition) is 0. The summed E-state index contributed by atoms with van der Waals surface area (Å²) in [6.07, 6.45) is 1.78. The van der Waals surface area contributed by atoms with Gasteiger partial charge in [0.05, 0.1) is 17.8 Å². The predicted molar refractivity (Wildman–Crippen MR) is 130 cm³/mol. The Bertz CT molecular complexity index is 1030. The van der Waals surface area contributed by atoms with Gasteiger partial charge in [-0.2, -0.15) is 0 Å². The molecule has 0 saturated heterocycles. The summed E-state index contributed by atoms with van der Waals surface area (Å²) in [7, 11) is 0. The minimum absolute atomic E-state index is 0.0733. The van der Waals surface area contributed by atoms with Crippen LogP contribution >= 0.6 is 0 Å². The number of nitrogens with zero attached hydrogens (tertiary/aromatic N) is 4. The number of anilines is 1. The maximum Gasteiger partial charge on any atom is 0.227 e. The molecule has 1 aliphatic rings. The van der Waals surface area contributed by atoms with Crippen LogP contribution in [-0.4, -0.2) is 59.0 Å². The van der Waals surface area contributed by atoms with E-state index in [1.807, 2.05) is 0 Å². The lowest BCUT2D eigenvalue weighted by molar-refractivity contribution is -0.131. The third-order valence-electron chi connectivity index (χ3n) is 6.67. The molecule has 35 heavy (non-hydrogen) atoms. The molecule has 0 bridgehead atoms. The van der Waals surface area contributed by atoms with E-state index in [2.05, 4.69) is 23.9 Å². The molecule has 2 amide bonds. The van der Waals surface area contributed by atoms with Crippen LogP contribution in [0.15, 0.2) is 16.7 Å². The van der Waals surface area contributed by atoms with Crippen LogP contribution in [0.4, 0.5) is 14.5 Å². The predicted octanol–water partition coefficient (Wildman–Crippen LogP) is 4.39. The molecule has 1 aromatic carbocycles. The summed E-state index contributed by atoms with van der Waals surface area (Å²) < 4.78 is 33.9. The molecule has 1 aliphatic heterocycles. The van der Waals surface area contributed by atoms with Crippen LogP contribution in [0.3, 0.4) is 0 Å². The van der Waals surface area contributed by atoms with Crippen LogP contribution in [0.2, 0.25) is 0 Å². The topological polar surface area (TPSA) is 69.9 Å². The van der Waals surface area contributed by atoms with Gasteiger partial charge in [0, 0.05) is 56.8 Å². The normalized spacial score (nSPS) is 16.1. The highest BCUT2D eigenvalue weighted by atomic mass is 19.2. The molecule has 1 aromatic heterocycles. The molecular formula is C26H36F2N4O3. The van der Waals surface area contributed by atoms with Crippen molar-refractivity contribution in [3.8, 4) is 0 Å². The van der Waals surface area contributed by atoms with E-state index in [-0.39, 0.29) is 31.2 Å². The summed E-state index contributed by atoms with van der Waals surface area (Å²) in [5.74, 6) is -1.74. The molecule has 192 valence electrons. The largest absolute Gasteiger partial charge is 0.361 e. The molecule has 0 spiro atoms. The van der Waals surface area contributed by atoms with E-state index in [1.165, 1.54) is 4.90 Å². The number of carbonyl (C=O) groups excluding carboxylic acids is 2. The number of halogens is 2. The minimum atomic E-state index is -1.01. The number of aromatic nitrogens is 1. The van der Waals surface area contributed by atoms with Crippen molar-refractivity contribution in [2.24, 2.45) is 0 Å². The number of rotatable bonds is 4. The Kier molecular flexibility index (Phi) is 8.99. The molecule has 0 radical (unpaired) electrons. The molecule has 2 aromatic rings. The lowest BCUT2D eigenvalue weighted by atomic mass is 10.1. The molecule has 0 unspecified atom stereocenters. The average Bonchev–Trinajstić information content (AvgIpc) is 3.12. The van der Waals surface area contributed by atoms with E-state index in [4.69, 9.17) is 4.52 Å². The highest BCUT2D eigenvalue weighted by Gasteiger charge is 2.26. The van der Waals surface area contributed by atoms with Crippen LogP contribution < -0.4 is 4.90 Å². The van der Waals surface area contributed by atoms with Gasteiger partial charge in [0.15, 0.2) is 11.6 Å². The summed E-state index contributed by atoms with van der Waals surface area (Å²) in [5.41, 5.74) is 2.13. The molecular weight excluding hydrogens is 454 g/mol. The smallest absolute Gasteiger partial charge is 0.227 e. The van der Waals surface area contributed by atoms with Gasteiger partial charge in [-0.15, -0.1) is 0 Å². The standard InChI is InChI=1S/C26H36F2N4O3/c1-6-25(33)32-12-8-10-30(17(2)3)9-7-11-31(16-20-13-22(27)23(28)15-24(20)32)26(34)14-21-18(4)29-35-19(21)5/h13,15,17H,6-12,14,16H2,1-5H3. The molecule has 3 rings (SSSR count). The summed E-state index contributed by atoms with van der Waals surface area (Å²) in [6.45, 7) is 12.0. The molecule has 0 fully saturated rings. The van der Waals surface area contributed by atoms with Gasteiger partial charge < -0.3 is 19.2 Å². The lowest BCUT2D eigenvalue weighted by Gasteiger charge is -2.33. The average molecular weight is 491 g/mol. The van der Waals surface area contributed by atoms with E-state index < -0.39 is 11.6 Å². The maximum atomic E-state index is 14.4. The van der Waals surface area contributed by atoms with Crippen molar-refractivity contribution in [2.45, 2.75) is 72.9 Å². The van der Waals surface area contributed by atoms with Gasteiger partial charge in [0.1, 0.15) is 5.76 Å². The first-order valence-corrected chi connectivity index (χ1v) is 12.3. The number of aryl methyl sites for hydroxylation is 2. The highest BCUT2D eigenvalue weighted by molar-refractivity contribution is 5.94. The zero-order chi connectivity index (χ0) is 25.7. The van der Waals surface area contributed by atoms with Crippen molar-refractivity contribution < 1.29 is 22.9 Å². The van der Waals surface area contributed by atoms with Crippen LogP contribution in [0.5, 0.6) is 0 Å². The van der Waals surface area contributed by atoms with Crippen molar-refractivity contribution in [2.75, 3.05) is 31.1 Å². The second-order valence-corrected chi connectivity index (χ2v) is 9.43.